The van der Waals surface area contributed by atoms with Gasteiger partial charge in [0.1, 0.15) is 12.7 Å². The van der Waals surface area contributed by atoms with E-state index < -0.39 is 0 Å². The van der Waals surface area contributed by atoms with Gasteiger partial charge >= 0.3 is 0 Å². The topological polar surface area (TPSA) is 31.7 Å². The molecule has 2 aromatic heterocycles. The van der Waals surface area contributed by atoms with Crippen molar-refractivity contribution in [3.05, 3.63) is 31.1 Å². The summed E-state index contributed by atoms with van der Waals surface area (Å²) < 4.78 is 1.85. The highest BCUT2D eigenvalue weighted by Crippen LogP contribution is 2.21. The van der Waals surface area contributed by atoms with Crippen LogP contribution in [0, 0.1) is 0 Å². The van der Waals surface area contributed by atoms with Gasteiger partial charge in [-0.3, -0.25) is 0 Å². The minimum atomic E-state index is 0.889. The lowest BCUT2D eigenvalue weighted by molar-refractivity contribution is -0.394. The Labute approximate surface area is 76.1 Å². The molecule has 2 rings (SSSR count). The van der Waals surface area contributed by atoms with Crippen molar-refractivity contribution in [2.45, 2.75) is 0 Å². The van der Waals surface area contributed by atoms with Crippen molar-refractivity contribution in [3.63, 3.8) is 0 Å². The maximum absolute atomic E-state index is 4.19. The minimum Gasteiger partial charge on any atom is -0.346 e. The molecule has 0 aliphatic heterocycles. The van der Waals surface area contributed by atoms with Crippen LogP contribution in [0.1, 0.15) is 0 Å². The summed E-state index contributed by atoms with van der Waals surface area (Å²) in [6.45, 7) is 3.60. The molecular formula is C10H10N3+. The Morgan fingerprint density at radius 2 is 2.38 bits per heavy atom. The molecule has 0 saturated carbocycles. The molecule has 1 N–H and O–H groups in total. The molecule has 0 saturated heterocycles. The molecule has 0 fully saturated rings. The first kappa shape index (κ1) is 7.77. The SMILES string of the molecule is C=C=[N+](C)c1ccnc2[nH]ccc12. The van der Waals surface area contributed by atoms with E-state index in [-0.39, 0.29) is 0 Å². The number of pyridine rings is 1. The Balaban J connectivity index is 2.82. The third-order valence-electron chi connectivity index (χ3n) is 2.04. The molecule has 0 spiro atoms. The lowest BCUT2D eigenvalue weighted by Gasteiger charge is -1.93. The quantitative estimate of drug-likeness (QED) is 0.515. The van der Waals surface area contributed by atoms with Crippen molar-refractivity contribution in [2.75, 3.05) is 7.05 Å². The zero-order valence-corrected chi connectivity index (χ0v) is 7.41. The normalized spacial score (nSPS) is 9.92. The van der Waals surface area contributed by atoms with Crippen LogP contribution in [0.2, 0.25) is 0 Å². The van der Waals surface area contributed by atoms with E-state index in [9.17, 15) is 0 Å². The number of fused-ring (bicyclic) bond motifs is 1. The van der Waals surface area contributed by atoms with Crippen molar-refractivity contribution in [2.24, 2.45) is 0 Å². The van der Waals surface area contributed by atoms with Crippen molar-refractivity contribution in [3.8, 4) is 0 Å². The van der Waals surface area contributed by atoms with Gasteiger partial charge in [-0.15, -0.1) is 0 Å². The van der Waals surface area contributed by atoms with Crippen molar-refractivity contribution >= 4 is 22.6 Å². The summed E-state index contributed by atoms with van der Waals surface area (Å²) in [7, 11) is 1.91. The molecule has 3 nitrogen and oxygen atoms in total. The number of aromatic nitrogens is 2. The fourth-order valence-electron chi connectivity index (χ4n) is 1.32. The molecule has 2 heterocycles. The molecule has 0 atom stereocenters. The molecular weight excluding hydrogens is 162 g/mol. The molecule has 0 bridgehead atoms. The van der Waals surface area contributed by atoms with E-state index in [1.807, 2.05) is 30.0 Å². The van der Waals surface area contributed by atoms with Gasteiger partial charge in [-0.2, -0.15) is 4.58 Å². The van der Waals surface area contributed by atoms with Crippen LogP contribution < -0.4 is 0 Å². The Bertz CT molecular complexity index is 490. The van der Waals surface area contributed by atoms with Crippen LogP contribution in [0.5, 0.6) is 0 Å². The zero-order chi connectivity index (χ0) is 9.26. The van der Waals surface area contributed by atoms with Crippen LogP contribution in [0.4, 0.5) is 5.69 Å². The standard InChI is InChI=1S/C10H10N3/c1-3-13(2)9-5-7-12-10-8(9)4-6-11-10/h4-7H,1H2,2H3,(H,11,12)/q+1. The second-order valence-electron chi connectivity index (χ2n) is 2.79. The Kier molecular flexibility index (Phi) is 1.72. The highest BCUT2D eigenvalue weighted by molar-refractivity contribution is 5.85. The number of aromatic amines is 1. The second kappa shape index (κ2) is 2.88. The lowest BCUT2D eigenvalue weighted by Crippen LogP contribution is -1.94. The summed E-state index contributed by atoms with van der Waals surface area (Å²) in [6.07, 6.45) is 3.64. The van der Waals surface area contributed by atoms with E-state index in [0.717, 1.165) is 16.7 Å². The predicted molar refractivity (Wildman–Crippen MR) is 52.6 cm³/mol. The Morgan fingerprint density at radius 3 is 3.15 bits per heavy atom. The predicted octanol–water partition coefficient (Wildman–Crippen LogP) is 1.69. The van der Waals surface area contributed by atoms with Crippen LogP contribution in [0.15, 0.2) is 31.1 Å². The van der Waals surface area contributed by atoms with Gasteiger partial charge in [0.2, 0.25) is 5.69 Å². The number of hydrogen-bond acceptors (Lipinski definition) is 1. The van der Waals surface area contributed by atoms with Gasteiger partial charge in [0, 0.05) is 25.0 Å². The zero-order valence-electron chi connectivity index (χ0n) is 7.41. The fraction of sp³-hybridized carbons (Fsp3) is 0.100. The maximum atomic E-state index is 4.19. The summed E-state index contributed by atoms with van der Waals surface area (Å²) in [5.74, 6) is 2.80. The van der Waals surface area contributed by atoms with Crippen molar-refractivity contribution in [1.29, 1.82) is 0 Å². The average molecular weight is 172 g/mol. The van der Waals surface area contributed by atoms with E-state index in [1.165, 1.54) is 0 Å². The molecule has 2 aromatic rings. The van der Waals surface area contributed by atoms with Crippen LogP contribution in [-0.4, -0.2) is 27.5 Å². The highest BCUT2D eigenvalue weighted by atomic mass is 15.0. The minimum absolute atomic E-state index is 0.889. The summed E-state index contributed by atoms with van der Waals surface area (Å²) in [5.41, 5.74) is 1.95. The van der Waals surface area contributed by atoms with Gasteiger partial charge in [-0.1, -0.05) is 0 Å². The fourth-order valence-corrected chi connectivity index (χ4v) is 1.32. The van der Waals surface area contributed by atoms with Gasteiger partial charge in [-0.05, 0) is 6.07 Å². The van der Waals surface area contributed by atoms with Crippen molar-refractivity contribution in [1.82, 2.24) is 9.97 Å². The van der Waals surface area contributed by atoms with Crippen LogP contribution in [0.3, 0.4) is 0 Å². The smallest absolute Gasteiger partial charge is 0.226 e. The second-order valence-corrected chi connectivity index (χ2v) is 2.79. The van der Waals surface area contributed by atoms with E-state index in [4.69, 9.17) is 0 Å². The van der Waals surface area contributed by atoms with E-state index in [1.54, 1.807) is 6.20 Å². The molecule has 0 amide bonds. The molecule has 64 valence electrons. The first-order valence-electron chi connectivity index (χ1n) is 4.01. The van der Waals surface area contributed by atoms with E-state index in [0.29, 0.717) is 0 Å². The lowest BCUT2D eigenvalue weighted by atomic mass is 10.3. The molecule has 0 unspecified atom stereocenters. The van der Waals surface area contributed by atoms with Crippen LogP contribution in [-0.2, 0) is 0 Å². The molecule has 0 aliphatic carbocycles. The molecule has 0 radical (unpaired) electrons. The van der Waals surface area contributed by atoms with Gasteiger partial charge in [0.05, 0.1) is 5.39 Å². The van der Waals surface area contributed by atoms with Gasteiger partial charge in [-0.25, -0.2) is 4.98 Å². The molecule has 13 heavy (non-hydrogen) atoms. The largest absolute Gasteiger partial charge is 0.346 e. The van der Waals surface area contributed by atoms with E-state index >= 15 is 0 Å². The molecule has 0 aromatic carbocycles. The number of rotatable bonds is 1. The summed E-state index contributed by atoms with van der Waals surface area (Å²) in [4.78, 5) is 7.24. The number of hydrogen-bond donors (Lipinski definition) is 1. The summed E-state index contributed by atoms with van der Waals surface area (Å²) in [6, 6.07) is 3.93. The highest BCUT2D eigenvalue weighted by Gasteiger charge is 2.09. The summed E-state index contributed by atoms with van der Waals surface area (Å²) in [5, 5.41) is 1.08. The van der Waals surface area contributed by atoms with Gasteiger partial charge < -0.3 is 4.98 Å². The maximum Gasteiger partial charge on any atom is 0.226 e. The monoisotopic (exact) mass is 172 g/mol. The third kappa shape index (κ3) is 1.15. The first-order valence-corrected chi connectivity index (χ1v) is 4.01. The average Bonchev–Trinajstić information content (AvgIpc) is 2.63. The number of nitrogens with one attached hydrogen (secondary N) is 1. The van der Waals surface area contributed by atoms with Crippen molar-refractivity contribution < 1.29 is 4.58 Å². The summed E-state index contributed by atoms with van der Waals surface area (Å²) >= 11 is 0. The van der Waals surface area contributed by atoms with Gasteiger partial charge in [0.15, 0.2) is 5.87 Å². The van der Waals surface area contributed by atoms with Crippen LogP contribution in [0.25, 0.3) is 11.0 Å². The molecule has 3 heteroatoms. The van der Waals surface area contributed by atoms with Crippen LogP contribution >= 0.6 is 0 Å². The number of H-pyrrole nitrogens is 1. The molecule has 0 aliphatic rings. The van der Waals surface area contributed by atoms with Gasteiger partial charge in [0.25, 0.3) is 0 Å². The first-order chi connectivity index (χ1) is 6.33. The van der Waals surface area contributed by atoms with E-state index in [2.05, 4.69) is 22.4 Å². The Hall–Kier alpha value is -1.86. The Morgan fingerprint density at radius 1 is 1.54 bits per heavy atom. The number of nitrogens with zero attached hydrogens (tertiary/aromatic N) is 2. The third-order valence-corrected chi connectivity index (χ3v) is 2.04.